The Bertz CT molecular complexity index is 1600. The second kappa shape index (κ2) is 12.5. The monoisotopic (exact) mass is 617 g/mol. The van der Waals surface area contributed by atoms with Gasteiger partial charge in [-0.2, -0.15) is 0 Å². The average Bonchev–Trinajstić information content (AvgIpc) is 3.80. The Morgan fingerprint density at radius 3 is 2.27 bits per heavy atom. The van der Waals surface area contributed by atoms with Crippen molar-refractivity contribution in [2.24, 2.45) is 0 Å². The predicted molar refractivity (Wildman–Crippen MR) is 161 cm³/mol. The number of aliphatic carboxylic acids is 1. The third-order valence-electron chi connectivity index (χ3n) is 8.12. The van der Waals surface area contributed by atoms with E-state index >= 15 is 0 Å². The molecule has 1 aromatic heterocycles. The van der Waals surface area contributed by atoms with Gasteiger partial charge < -0.3 is 40.0 Å². The Hall–Kier alpha value is -4.01. The van der Waals surface area contributed by atoms with Gasteiger partial charge in [-0.05, 0) is 64.2 Å². The van der Waals surface area contributed by atoms with Crippen LogP contribution >= 0.6 is 11.3 Å². The molecule has 3 amide bonds. The van der Waals surface area contributed by atoms with Crippen molar-refractivity contribution in [2.75, 3.05) is 6.54 Å². The lowest BCUT2D eigenvalue weighted by molar-refractivity contribution is -0.137. The lowest BCUT2D eigenvalue weighted by Crippen LogP contribution is -2.49. The molecular formula is C29H29B2N3O9S. The van der Waals surface area contributed by atoms with Gasteiger partial charge in [0.05, 0.1) is 19.6 Å². The van der Waals surface area contributed by atoms with E-state index in [1.165, 1.54) is 22.3 Å². The molecule has 0 aliphatic carbocycles. The first-order valence-electron chi connectivity index (χ1n) is 14.2. The van der Waals surface area contributed by atoms with Gasteiger partial charge in [0.25, 0.3) is 11.8 Å². The highest BCUT2D eigenvalue weighted by atomic mass is 32.1. The molecule has 3 aromatic rings. The summed E-state index contributed by atoms with van der Waals surface area (Å²) in [5.41, 5.74) is 3.06. The summed E-state index contributed by atoms with van der Waals surface area (Å²) in [4.78, 5) is 54.6. The van der Waals surface area contributed by atoms with Gasteiger partial charge >= 0.3 is 20.2 Å². The Balaban J connectivity index is 1.23. The minimum Gasteiger partial charge on any atom is -0.481 e. The van der Waals surface area contributed by atoms with E-state index in [9.17, 15) is 34.3 Å². The van der Waals surface area contributed by atoms with Crippen LogP contribution in [0.3, 0.4) is 0 Å². The molecule has 3 atom stereocenters. The summed E-state index contributed by atoms with van der Waals surface area (Å²) in [5, 5.41) is 37.3. The van der Waals surface area contributed by atoms with Crippen molar-refractivity contribution in [1.29, 1.82) is 0 Å². The zero-order valence-corrected chi connectivity index (χ0v) is 24.3. The second-order valence-electron chi connectivity index (χ2n) is 11.1. The third kappa shape index (κ3) is 6.28. The maximum Gasteiger partial charge on any atom is 0.491 e. The number of carboxylic acid groups (broad SMARTS) is 1. The molecule has 0 bridgehead atoms. The van der Waals surface area contributed by atoms with Gasteiger partial charge in [-0.15, -0.1) is 11.3 Å². The zero-order valence-electron chi connectivity index (χ0n) is 23.5. The molecule has 44 heavy (non-hydrogen) atoms. The molecule has 0 spiro atoms. The van der Waals surface area contributed by atoms with Gasteiger partial charge in [-0.1, -0.05) is 18.2 Å². The van der Waals surface area contributed by atoms with Crippen molar-refractivity contribution < 1.29 is 43.6 Å². The first-order valence-corrected chi connectivity index (χ1v) is 15.1. The smallest absolute Gasteiger partial charge is 0.481 e. The summed E-state index contributed by atoms with van der Waals surface area (Å²) in [6.45, 7) is 0.481. The van der Waals surface area contributed by atoms with Crippen LogP contribution in [0, 0.1) is 0 Å². The highest BCUT2D eigenvalue weighted by Gasteiger charge is 2.42. The number of thiophene rings is 1. The molecule has 5 N–H and O–H groups in total. The fraction of sp³-hybridized carbons (Fsp3) is 0.310. The van der Waals surface area contributed by atoms with Crippen LogP contribution in [0.4, 0.5) is 0 Å². The largest absolute Gasteiger partial charge is 0.491 e. The summed E-state index contributed by atoms with van der Waals surface area (Å²) in [6.07, 6.45) is 0.101. The third-order valence-corrected chi connectivity index (χ3v) is 9.02. The fourth-order valence-corrected chi connectivity index (χ4v) is 6.69. The number of carboxylic acids is 1. The van der Waals surface area contributed by atoms with Crippen LogP contribution in [0.1, 0.15) is 49.6 Å². The number of likely N-dealkylation sites (tertiary alicyclic amines) is 1. The number of carbonyl (C=O) groups is 4. The Labute approximate surface area is 257 Å². The van der Waals surface area contributed by atoms with E-state index in [1.54, 1.807) is 30.3 Å². The number of hydrogen-bond donors (Lipinski definition) is 5. The molecule has 6 rings (SSSR count). The van der Waals surface area contributed by atoms with Gasteiger partial charge in [-0.25, -0.2) is 0 Å². The van der Waals surface area contributed by atoms with Crippen LogP contribution in [0.5, 0.6) is 0 Å². The molecule has 15 heteroatoms. The summed E-state index contributed by atoms with van der Waals surface area (Å²) in [7, 11) is -2.28. The average molecular weight is 617 g/mol. The van der Waals surface area contributed by atoms with Gasteiger partial charge in [0, 0.05) is 41.1 Å². The number of nitrogens with zero attached hydrogens (tertiary/aromatic N) is 1. The van der Waals surface area contributed by atoms with E-state index in [2.05, 4.69) is 10.6 Å². The Morgan fingerprint density at radius 1 is 0.977 bits per heavy atom. The molecule has 3 aliphatic heterocycles. The Kier molecular flexibility index (Phi) is 8.56. The van der Waals surface area contributed by atoms with E-state index < -0.39 is 56.1 Å². The van der Waals surface area contributed by atoms with Gasteiger partial charge in [-0.3, -0.25) is 19.2 Å². The van der Waals surface area contributed by atoms with Crippen LogP contribution in [0.25, 0.3) is 0 Å². The highest BCUT2D eigenvalue weighted by Crippen LogP contribution is 2.24. The molecular weight excluding hydrogens is 588 g/mol. The minimum absolute atomic E-state index is 0.0179. The number of carbonyl (C=O) groups excluding carboxylic acids is 3. The van der Waals surface area contributed by atoms with Crippen molar-refractivity contribution in [3.05, 3.63) is 81.0 Å². The molecule has 12 nitrogen and oxygen atoms in total. The molecule has 4 heterocycles. The lowest BCUT2D eigenvalue weighted by atomic mass is 9.78. The summed E-state index contributed by atoms with van der Waals surface area (Å²) < 4.78 is 10.5. The van der Waals surface area contributed by atoms with Gasteiger partial charge in [0.15, 0.2) is 0 Å². The second-order valence-corrected chi connectivity index (χ2v) is 12.2. The lowest BCUT2D eigenvalue weighted by Gasteiger charge is -2.26. The number of amides is 3. The van der Waals surface area contributed by atoms with E-state index in [1.807, 2.05) is 17.5 Å². The van der Waals surface area contributed by atoms with Crippen LogP contribution < -0.4 is 21.6 Å². The summed E-state index contributed by atoms with van der Waals surface area (Å²) in [6, 6.07) is 11.1. The number of hydrogen-bond acceptors (Lipinski definition) is 9. The van der Waals surface area contributed by atoms with Crippen LogP contribution in [0.2, 0.25) is 0 Å². The van der Waals surface area contributed by atoms with E-state index in [4.69, 9.17) is 9.31 Å². The van der Waals surface area contributed by atoms with Crippen molar-refractivity contribution in [3.63, 3.8) is 0 Å². The van der Waals surface area contributed by atoms with E-state index in [0.717, 1.165) is 16.0 Å². The fourth-order valence-electron chi connectivity index (χ4n) is 5.91. The molecule has 0 unspecified atom stereocenters. The van der Waals surface area contributed by atoms with Crippen molar-refractivity contribution in [3.8, 4) is 0 Å². The number of benzene rings is 2. The molecule has 3 aliphatic rings. The number of nitrogens with one attached hydrogen (secondary N) is 2. The summed E-state index contributed by atoms with van der Waals surface area (Å²) >= 11 is 1.45. The zero-order chi connectivity index (χ0) is 31.0. The Morgan fingerprint density at radius 2 is 1.64 bits per heavy atom. The standard InChI is InChI=1S/C29H29B2N3O9S/c35-26(36)12-20(10-22-2-1-7-44-22)32-28(38)25-11-21(33-27(37)16-3-5-18-14-42-30(40)23(18)8-16)13-34(25)29(39)17-4-6-19-15-43-31(41)24(19)9-17/h1-9,20-21,25,40-41H,10-15H2,(H,32,38)(H,33,37)(H,35,36)/t20-,21-,25+/m1/s1. The topological polar surface area (TPSA) is 175 Å². The van der Waals surface area contributed by atoms with Gasteiger partial charge in [0.1, 0.15) is 6.04 Å². The van der Waals surface area contributed by atoms with Crippen molar-refractivity contribution in [2.45, 2.75) is 50.6 Å². The van der Waals surface area contributed by atoms with E-state index in [0.29, 0.717) is 22.9 Å². The molecule has 2 aromatic carbocycles. The SMILES string of the molecule is O=C(O)C[C@@H](Cc1cccs1)NC(=O)[C@@H]1C[C@@H](NC(=O)c2ccc3c(c2)B(O)OC3)CN1C(=O)c1ccc2c(c1)B(O)OC2. The van der Waals surface area contributed by atoms with Crippen molar-refractivity contribution >= 4 is 60.2 Å². The van der Waals surface area contributed by atoms with Crippen LogP contribution in [-0.2, 0) is 38.5 Å². The molecule has 1 saturated heterocycles. The number of fused-ring (bicyclic) bond motifs is 2. The highest BCUT2D eigenvalue weighted by molar-refractivity contribution is 7.09. The molecule has 0 saturated carbocycles. The van der Waals surface area contributed by atoms with Crippen molar-refractivity contribution in [1.82, 2.24) is 15.5 Å². The quantitative estimate of drug-likeness (QED) is 0.197. The first kappa shape index (κ1) is 30.0. The van der Waals surface area contributed by atoms with Crippen LogP contribution in [-0.4, -0.2) is 82.7 Å². The maximum atomic E-state index is 13.8. The maximum absolute atomic E-state index is 13.8. The summed E-state index contributed by atoms with van der Waals surface area (Å²) in [5.74, 6) is -2.51. The van der Waals surface area contributed by atoms with E-state index in [-0.39, 0.29) is 38.2 Å². The molecule has 226 valence electrons. The minimum atomic E-state index is -1.16. The normalized spacial score (nSPS) is 19.5. The molecule has 0 radical (unpaired) electrons. The predicted octanol–water partition coefficient (Wildman–Crippen LogP) is -0.601. The number of rotatable bonds is 9. The van der Waals surface area contributed by atoms with Gasteiger partial charge in [0.2, 0.25) is 5.91 Å². The van der Waals surface area contributed by atoms with Crippen LogP contribution in [0.15, 0.2) is 53.9 Å². The molecule has 1 fully saturated rings. The first-order chi connectivity index (χ1) is 21.2.